The average molecular weight is 140 g/mol. The number of hydrogen-bond acceptors (Lipinski definition) is 0. The van der Waals surface area contributed by atoms with Gasteiger partial charge in [0.15, 0.2) is 0 Å². The molecule has 1 aliphatic rings. The van der Waals surface area contributed by atoms with Gasteiger partial charge < -0.3 is 0 Å². The summed E-state index contributed by atoms with van der Waals surface area (Å²) in [6, 6.07) is 0. The lowest BCUT2D eigenvalue weighted by atomic mass is 9.66. The molecule has 60 valence electrons. The van der Waals surface area contributed by atoms with E-state index >= 15 is 0 Å². The van der Waals surface area contributed by atoms with E-state index in [1.807, 2.05) is 0 Å². The Bertz CT molecular complexity index is 113. The van der Waals surface area contributed by atoms with Crippen LogP contribution in [-0.2, 0) is 0 Å². The zero-order chi connectivity index (χ0) is 7.78. The second-order valence-electron chi connectivity index (χ2n) is 4.78. The largest absolute Gasteiger partial charge is 0.0625 e. The molecule has 1 fully saturated rings. The van der Waals surface area contributed by atoms with Crippen LogP contribution < -0.4 is 0 Å². The minimum atomic E-state index is 0.609. The Kier molecular flexibility index (Phi) is 2.07. The van der Waals surface area contributed by atoms with E-state index in [0.29, 0.717) is 5.41 Å². The van der Waals surface area contributed by atoms with Gasteiger partial charge in [0.25, 0.3) is 0 Å². The summed E-state index contributed by atoms with van der Waals surface area (Å²) in [6.45, 7) is 9.60. The van der Waals surface area contributed by atoms with Crippen LogP contribution in [0, 0.1) is 17.3 Å². The van der Waals surface area contributed by atoms with Gasteiger partial charge in [-0.05, 0) is 30.1 Å². The van der Waals surface area contributed by atoms with E-state index < -0.39 is 0 Å². The fourth-order valence-corrected chi connectivity index (χ4v) is 2.13. The van der Waals surface area contributed by atoms with Crippen molar-refractivity contribution in [1.82, 2.24) is 0 Å². The summed E-state index contributed by atoms with van der Waals surface area (Å²) in [5.41, 5.74) is 0.609. The van der Waals surface area contributed by atoms with Crippen molar-refractivity contribution in [2.24, 2.45) is 17.3 Å². The molecule has 0 aliphatic heterocycles. The molecule has 0 radical (unpaired) electrons. The van der Waals surface area contributed by atoms with Crippen LogP contribution in [0.15, 0.2) is 0 Å². The van der Waals surface area contributed by atoms with E-state index in [0.717, 1.165) is 11.8 Å². The van der Waals surface area contributed by atoms with E-state index in [9.17, 15) is 0 Å². The molecule has 0 bridgehead atoms. The molecular formula is C10H20. The first kappa shape index (κ1) is 8.10. The maximum Gasteiger partial charge on any atom is -0.0326 e. The van der Waals surface area contributed by atoms with Crippen LogP contribution in [0.5, 0.6) is 0 Å². The van der Waals surface area contributed by atoms with Crippen LogP contribution >= 0.6 is 0 Å². The van der Waals surface area contributed by atoms with Crippen LogP contribution in [0.2, 0.25) is 0 Å². The standard InChI is InChI=1S/C10H20/c1-8-5-6-9(2)10(3,4)7-8/h8-9H,5-7H2,1-4H3/t8-,9-/m1/s1. The molecule has 0 nitrogen and oxygen atoms in total. The highest BCUT2D eigenvalue weighted by Gasteiger charge is 2.31. The van der Waals surface area contributed by atoms with Crippen molar-refractivity contribution in [2.45, 2.75) is 47.0 Å². The zero-order valence-electron chi connectivity index (χ0n) is 7.78. The molecule has 0 heterocycles. The van der Waals surface area contributed by atoms with Crippen LogP contribution in [0.1, 0.15) is 47.0 Å². The Hall–Kier alpha value is 0. The normalized spacial score (nSPS) is 39.6. The van der Waals surface area contributed by atoms with Gasteiger partial charge in [0.05, 0.1) is 0 Å². The van der Waals surface area contributed by atoms with Gasteiger partial charge in [0.2, 0.25) is 0 Å². The SMILES string of the molecule is C[C@@H]1CC[C@@H](C)C(C)(C)C1. The van der Waals surface area contributed by atoms with Crippen LogP contribution in [-0.4, -0.2) is 0 Å². The highest BCUT2D eigenvalue weighted by Crippen LogP contribution is 2.42. The van der Waals surface area contributed by atoms with Gasteiger partial charge in [-0.3, -0.25) is 0 Å². The van der Waals surface area contributed by atoms with Gasteiger partial charge in [-0.15, -0.1) is 0 Å². The van der Waals surface area contributed by atoms with Crippen molar-refractivity contribution < 1.29 is 0 Å². The Morgan fingerprint density at radius 1 is 1.10 bits per heavy atom. The minimum Gasteiger partial charge on any atom is -0.0625 e. The van der Waals surface area contributed by atoms with Crippen LogP contribution in [0.3, 0.4) is 0 Å². The summed E-state index contributed by atoms with van der Waals surface area (Å²) < 4.78 is 0. The van der Waals surface area contributed by atoms with E-state index in [-0.39, 0.29) is 0 Å². The Labute approximate surface area is 65.0 Å². The lowest BCUT2D eigenvalue weighted by molar-refractivity contribution is 0.115. The van der Waals surface area contributed by atoms with Crippen molar-refractivity contribution in [3.63, 3.8) is 0 Å². The molecule has 0 saturated heterocycles. The van der Waals surface area contributed by atoms with Gasteiger partial charge in [0.1, 0.15) is 0 Å². The smallest absolute Gasteiger partial charge is 0.0326 e. The summed E-state index contributed by atoms with van der Waals surface area (Å²) in [5, 5.41) is 0. The van der Waals surface area contributed by atoms with E-state index in [1.165, 1.54) is 19.3 Å². The van der Waals surface area contributed by atoms with Gasteiger partial charge in [-0.2, -0.15) is 0 Å². The van der Waals surface area contributed by atoms with E-state index in [1.54, 1.807) is 0 Å². The van der Waals surface area contributed by atoms with Crippen LogP contribution in [0.4, 0.5) is 0 Å². The molecule has 0 unspecified atom stereocenters. The van der Waals surface area contributed by atoms with Gasteiger partial charge in [-0.1, -0.05) is 34.1 Å². The molecule has 1 saturated carbocycles. The average Bonchev–Trinajstić information content (AvgIpc) is 1.78. The predicted molar refractivity (Wildman–Crippen MR) is 46.0 cm³/mol. The van der Waals surface area contributed by atoms with Crippen molar-refractivity contribution in [3.05, 3.63) is 0 Å². The second-order valence-corrected chi connectivity index (χ2v) is 4.78. The highest BCUT2D eigenvalue weighted by atomic mass is 14.4. The highest BCUT2D eigenvalue weighted by molar-refractivity contribution is 4.82. The molecule has 2 atom stereocenters. The van der Waals surface area contributed by atoms with Crippen molar-refractivity contribution in [1.29, 1.82) is 0 Å². The van der Waals surface area contributed by atoms with E-state index in [2.05, 4.69) is 27.7 Å². The second kappa shape index (κ2) is 2.56. The zero-order valence-corrected chi connectivity index (χ0v) is 7.78. The summed E-state index contributed by atoms with van der Waals surface area (Å²) in [4.78, 5) is 0. The van der Waals surface area contributed by atoms with Crippen molar-refractivity contribution in [2.75, 3.05) is 0 Å². The summed E-state index contributed by atoms with van der Waals surface area (Å²) >= 11 is 0. The molecule has 1 aliphatic carbocycles. The quantitative estimate of drug-likeness (QED) is 0.483. The summed E-state index contributed by atoms with van der Waals surface area (Å²) in [7, 11) is 0. The molecule has 0 aromatic carbocycles. The first-order valence-electron chi connectivity index (χ1n) is 4.52. The van der Waals surface area contributed by atoms with Crippen molar-refractivity contribution >= 4 is 0 Å². The molecule has 0 N–H and O–H groups in total. The molecule has 0 heteroatoms. The Morgan fingerprint density at radius 2 is 1.70 bits per heavy atom. The van der Waals surface area contributed by atoms with Crippen LogP contribution in [0.25, 0.3) is 0 Å². The lowest BCUT2D eigenvalue weighted by Gasteiger charge is -2.39. The lowest BCUT2D eigenvalue weighted by Crippen LogP contribution is -2.29. The summed E-state index contributed by atoms with van der Waals surface area (Å²) in [6.07, 6.45) is 4.31. The summed E-state index contributed by atoms with van der Waals surface area (Å²) in [5.74, 6) is 1.90. The Morgan fingerprint density at radius 3 is 2.10 bits per heavy atom. The molecule has 0 aromatic heterocycles. The molecule has 0 amide bonds. The minimum absolute atomic E-state index is 0.609. The Balaban J connectivity index is 2.55. The van der Waals surface area contributed by atoms with Gasteiger partial charge in [0, 0.05) is 0 Å². The third kappa shape index (κ3) is 1.53. The molecule has 0 aromatic rings. The van der Waals surface area contributed by atoms with Gasteiger partial charge in [-0.25, -0.2) is 0 Å². The first-order valence-corrected chi connectivity index (χ1v) is 4.52. The monoisotopic (exact) mass is 140 g/mol. The van der Waals surface area contributed by atoms with Gasteiger partial charge >= 0.3 is 0 Å². The third-order valence-corrected chi connectivity index (χ3v) is 3.30. The third-order valence-electron chi connectivity index (χ3n) is 3.30. The number of rotatable bonds is 0. The fraction of sp³-hybridized carbons (Fsp3) is 1.00. The van der Waals surface area contributed by atoms with Crippen molar-refractivity contribution in [3.8, 4) is 0 Å². The molecular weight excluding hydrogens is 120 g/mol. The topological polar surface area (TPSA) is 0 Å². The maximum atomic E-state index is 2.41. The molecule has 0 spiro atoms. The number of hydrogen-bond donors (Lipinski definition) is 0. The first-order chi connectivity index (χ1) is 4.52. The van der Waals surface area contributed by atoms with E-state index in [4.69, 9.17) is 0 Å². The fourth-order valence-electron chi connectivity index (χ4n) is 2.13. The predicted octanol–water partition coefficient (Wildman–Crippen LogP) is 3.47. The maximum absolute atomic E-state index is 2.41. The molecule has 10 heavy (non-hydrogen) atoms. The molecule has 1 rings (SSSR count).